The highest BCUT2D eigenvalue weighted by molar-refractivity contribution is 5.90. The normalized spacial score (nSPS) is 13.3. The Balaban J connectivity index is 3.35. The topological polar surface area (TPSA) is 140 Å². The van der Waals surface area contributed by atoms with Crippen molar-refractivity contribution in [3.8, 4) is 18.4 Å². The van der Waals surface area contributed by atoms with Crippen molar-refractivity contribution < 1.29 is 33.0 Å². The third-order valence-electron chi connectivity index (χ3n) is 4.65. The third-order valence-corrected chi connectivity index (χ3v) is 4.65. The Kier molecular flexibility index (Phi) is 10.2. The van der Waals surface area contributed by atoms with Crippen molar-refractivity contribution in [2.75, 3.05) is 11.6 Å². The summed E-state index contributed by atoms with van der Waals surface area (Å²) in [6, 6.07) is 5.02. The molecular formula is C22H25F3N4O4. The number of carbonyl (C=O) groups excluding carboxylic acids is 1. The number of hydrazine groups is 1. The molecule has 0 aliphatic heterocycles. The summed E-state index contributed by atoms with van der Waals surface area (Å²) in [6.45, 7) is 0.232. The van der Waals surface area contributed by atoms with Crippen LogP contribution in [0.5, 0.6) is 0 Å². The molecule has 1 aromatic rings. The molecule has 0 heterocycles. The number of nitrogens with two attached hydrogens (primary N) is 1. The minimum Gasteiger partial charge on any atom is -0.513 e. The van der Waals surface area contributed by atoms with Crippen LogP contribution in [0.2, 0.25) is 0 Å². The minimum absolute atomic E-state index is 0.128. The summed E-state index contributed by atoms with van der Waals surface area (Å²) in [4.78, 5) is 24.7. The quantitative estimate of drug-likeness (QED) is 0.160. The Morgan fingerprint density at radius 2 is 1.85 bits per heavy atom. The average Bonchev–Trinajstić information content (AvgIpc) is 2.77. The number of nitrogens with one attached hydrogen (secondary N) is 1. The van der Waals surface area contributed by atoms with Crippen molar-refractivity contribution in [3.05, 3.63) is 41.7 Å². The number of carboxylic acid groups (broad SMARTS) is 1. The highest BCUT2D eigenvalue weighted by Gasteiger charge is 2.46. The minimum atomic E-state index is -4.63. The second kappa shape index (κ2) is 12.4. The molecule has 33 heavy (non-hydrogen) atoms. The molecule has 1 atom stereocenters. The maximum absolute atomic E-state index is 12.9. The molecule has 0 aliphatic rings. The number of aliphatic hydroxyl groups is 1. The molecule has 0 bridgehead atoms. The lowest BCUT2D eigenvalue weighted by atomic mass is 9.92. The van der Waals surface area contributed by atoms with Crippen LogP contribution in [0.15, 0.2) is 36.1 Å². The van der Waals surface area contributed by atoms with Crippen LogP contribution in [0.3, 0.4) is 0 Å². The standard InChI is InChI=1S/C22H25F3N4O4/c1-2-3-6-18(30)11-12-19(31)28-29(17-9-7-16(8-10-17)22(23,24)25)21(15-27,20(32)33)13-4-5-14-26/h1,7-11,30H,3-6,12-14,26H2,(H,28,31)(H,32,33)/t21-/m1/s1. The molecule has 0 aromatic heterocycles. The van der Waals surface area contributed by atoms with Crippen LogP contribution in [0.25, 0.3) is 0 Å². The van der Waals surface area contributed by atoms with Gasteiger partial charge in [0.1, 0.15) is 6.07 Å². The number of nitriles is 1. The molecule has 0 saturated carbocycles. The van der Waals surface area contributed by atoms with Crippen molar-refractivity contribution in [1.29, 1.82) is 5.26 Å². The van der Waals surface area contributed by atoms with E-state index in [1.807, 2.05) is 0 Å². The highest BCUT2D eigenvalue weighted by atomic mass is 19.4. The van der Waals surface area contributed by atoms with Gasteiger partial charge in [0, 0.05) is 19.3 Å². The Morgan fingerprint density at radius 1 is 1.21 bits per heavy atom. The largest absolute Gasteiger partial charge is 0.513 e. The zero-order chi connectivity index (χ0) is 25.1. The molecule has 178 valence electrons. The molecular weight excluding hydrogens is 441 g/mol. The zero-order valence-electron chi connectivity index (χ0n) is 17.7. The van der Waals surface area contributed by atoms with E-state index in [4.69, 9.17) is 12.2 Å². The third kappa shape index (κ3) is 7.74. The van der Waals surface area contributed by atoms with Crippen LogP contribution < -0.4 is 16.2 Å². The van der Waals surface area contributed by atoms with Gasteiger partial charge < -0.3 is 15.9 Å². The van der Waals surface area contributed by atoms with Gasteiger partial charge in [-0.2, -0.15) is 18.4 Å². The number of carbonyl (C=O) groups is 2. The van der Waals surface area contributed by atoms with E-state index in [1.165, 1.54) is 6.08 Å². The van der Waals surface area contributed by atoms with Crippen molar-refractivity contribution in [1.82, 2.24) is 5.43 Å². The first-order valence-corrected chi connectivity index (χ1v) is 9.95. The van der Waals surface area contributed by atoms with E-state index in [2.05, 4.69) is 11.3 Å². The number of benzene rings is 1. The van der Waals surface area contributed by atoms with E-state index in [9.17, 15) is 38.2 Å². The fourth-order valence-corrected chi connectivity index (χ4v) is 2.86. The first kappa shape index (κ1) is 27.3. The number of unbranched alkanes of at least 4 members (excludes halogenated alkanes) is 1. The summed E-state index contributed by atoms with van der Waals surface area (Å²) in [7, 11) is 0. The summed E-state index contributed by atoms with van der Waals surface area (Å²) >= 11 is 0. The molecule has 1 amide bonds. The molecule has 0 spiro atoms. The number of hydrogen-bond acceptors (Lipinski definition) is 6. The maximum Gasteiger partial charge on any atom is 0.416 e. The molecule has 0 aliphatic carbocycles. The number of carboxylic acids is 1. The summed E-state index contributed by atoms with van der Waals surface area (Å²) in [5, 5.41) is 30.1. The molecule has 0 saturated heterocycles. The first-order valence-electron chi connectivity index (χ1n) is 9.95. The smallest absolute Gasteiger partial charge is 0.416 e. The van der Waals surface area contributed by atoms with Crippen LogP contribution >= 0.6 is 0 Å². The number of aliphatic carboxylic acids is 1. The van der Waals surface area contributed by atoms with E-state index in [0.29, 0.717) is 18.6 Å². The zero-order valence-corrected chi connectivity index (χ0v) is 17.7. The Morgan fingerprint density at radius 3 is 2.33 bits per heavy atom. The Bertz CT molecular complexity index is 933. The van der Waals surface area contributed by atoms with Crippen LogP contribution in [0.1, 0.15) is 44.1 Å². The van der Waals surface area contributed by atoms with E-state index >= 15 is 0 Å². The van der Waals surface area contributed by atoms with Gasteiger partial charge in [0.05, 0.1) is 17.0 Å². The van der Waals surface area contributed by atoms with E-state index in [0.717, 1.165) is 17.1 Å². The van der Waals surface area contributed by atoms with Crippen LogP contribution in [0.4, 0.5) is 18.9 Å². The van der Waals surface area contributed by atoms with Crippen molar-refractivity contribution >= 4 is 17.6 Å². The fraction of sp³-hybridized carbons (Fsp3) is 0.409. The lowest BCUT2D eigenvalue weighted by Crippen LogP contribution is -2.61. The summed E-state index contributed by atoms with van der Waals surface area (Å²) in [5.41, 5.74) is 4.28. The number of amides is 1. The Labute approximate surface area is 189 Å². The lowest BCUT2D eigenvalue weighted by Gasteiger charge is -2.37. The number of nitrogens with zero attached hydrogens (tertiary/aromatic N) is 2. The number of anilines is 1. The predicted octanol–water partition coefficient (Wildman–Crippen LogP) is 3.26. The van der Waals surface area contributed by atoms with Crippen molar-refractivity contribution in [2.45, 2.75) is 50.2 Å². The van der Waals surface area contributed by atoms with Gasteiger partial charge in [-0.05, 0) is 56.1 Å². The molecule has 5 N–H and O–H groups in total. The molecule has 1 rings (SSSR count). The molecule has 0 unspecified atom stereocenters. The van der Waals surface area contributed by atoms with Gasteiger partial charge in [0.25, 0.3) is 0 Å². The number of halogens is 3. The van der Waals surface area contributed by atoms with Crippen molar-refractivity contribution in [2.24, 2.45) is 5.73 Å². The fourth-order valence-electron chi connectivity index (χ4n) is 2.86. The van der Waals surface area contributed by atoms with E-state index in [1.54, 1.807) is 6.07 Å². The number of rotatable bonds is 12. The number of hydrogen-bond donors (Lipinski definition) is 4. The van der Waals surface area contributed by atoms with Crippen LogP contribution in [-0.2, 0) is 15.8 Å². The van der Waals surface area contributed by atoms with Gasteiger partial charge in [-0.1, -0.05) is 0 Å². The average molecular weight is 466 g/mol. The number of allylic oxidation sites excluding steroid dienone is 1. The van der Waals surface area contributed by atoms with E-state index < -0.39 is 35.6 Å². The van der Waals surface area contributed by atoms with Gasteiger partial charge in [0.15, 0.2) is 0 Å². The van der Waals surface area contributed by atoms with Gasteiger partial charge in [0.2, 0.25) is 11.4 Å². The predicted molar refractivity (Wildman–Crippen MR) is 114 cm³/mol. The van der Waals surface area contributed by atoms with Gasteiger partial charge >= 0.3 is 12.1 Å². The Hall–Kier alpha value is -3.70. The molecule has 1 aromatic carbocycles. The van der Waals surface area contributed by atoms with E-state index in [-0.39, 0.29) is 43.7 Å². The van der Waals surface area contributed by atoms with Crippen molar-refractivity contribution in [3.63, 3.8) is 0 Å². The molecule has 0 fully saturated rings. The highest BCUT2D eigenvalue weighted by Crippen LogP contribution is 2.33. The maximum atomic E-state index is 12.9. The summed E-state index contributed by atoms with van der Waals surface area (Å²) < 4.78 is 38.8. The molecule has 0 radical (unpaired) electrons. The number of terminal acetylenes is 1. The second-order valence-corrected chi connectivity index (χ2v) is 7.04. The SMILES string of the molecule is C#CCCC(O)=CCC(=O)NN(c1ccc(C(F)(F)F)cc1)[C@@](C#N)(CCCCN)C(=O)O. The molecule has 11 heteroatoms. The van der Waals surface area contributed by atoms with Gasteiger partial charge in [-0.3, -0.25) is 15.2 Å². The lowest BCUT2D eigenvalue weighted by molar-refractivity contribution is -0.142. The monoisotopic (exact) mass is 466 g/mol. The summed E-state index contributed by atoms with van der Waals surface area (Å²) in [6.07, 6.45) is 1.94. The number of alkyl halides is 3. The van der Waals surface area contributed by atoms with Crippen LogP contribution in [-0.4, -0.2) is 34.2 Å². The second-order valence-electron chi connectivity index (χ2n) is 7.04. The van der Waals surface area contributed by atoms with Gasteiger partial charge in [-0.25, -0.2) is 4.79 Å². The van der Waals surface area contributed by atoms with Gasteiger partial charge in [-0.15, -0.1) is 12.3 Å². The first-order chi connectivity index (χ1) is 15.5. The summed E-state index contributed by atoms with van der Waals surface area (Å²) in [5.74, 6) is -0.242. The molecule has 8 nitrogen and oxygen atoms in total. The number of aliphatic hydroxyl groups excluding tert-OH is 1. The van der Waals surface area contributed by atoms with Crippen LogP contribution in [0, 0.1) is 23.7 Å².